The zero-order valence-electron chi connectivity index (χ0n) is 15.7. The number of hydrogen-bond donors (Lipinski definition) is 1. The number of carbonyl (C=O) groups is 1. The fourth-order valence-electron chi connectivity index (χ4n) is 3.04. The predicted octanol–water partition coefficient (Wildman–Crippen LogP) is 3.61. The van der Waals surface area contributed by atoms with Gasteiger partial charge >= 0.3 is 5.63 Å². The van der Waals surface area contributed by atoms with E-state index in [2.05, 4.69) is 5.32 Å². The molecule has 6 heteroatoms. The second-order valence-corrected chi connectivity index (χ2v) is 6.29. The highest BCUT2D eigenvalue weighted by Gasteiger charge is 2.18. The number of ether oxygens (including phenoxy) is 2. The first kappa shape index (κ1) is 18.5. The van der Waals surface area contributed by atoms with Crippen molar-refractivity contribution in [2.45, 2.75) is 20.3 Å². The Morgan fingerprint density at radius 1 is 1.07 bits per heavy atom. The van der Waals surface area contributed by atoms with Gasteiger partial charge in [-0.2, -0.15) is 0 Å². The van der Waals surface area contributed by atoms with Crippen molar-refractivity contribution in [3.8, 4) is 11.5 Å². The minimum absolute atomic E-state index is 0.0901. The number of carbonyl (C=O) groups excluding carboxylic acids is 1. The molecule has 0 aliphatic carbocycles. The van der Waals surface area contributed by atoms with Crippen LogP contribution in [0.3, 0.4) is 0 Å². The summed E-state index contributed by atoms with van der Waals surface area (Å²) in [6.45, 7) is 3.70. The van der Waals surface area contributed by atoms with Gasteiger partial charge in [-0.25, -0.2) is 4.79 Å². The number of nitrogens with one attached hydrogen (secondary N) is 1. The van der Waals surface area contributed by atoms with Gasteiger partial charge in [0.25, 0.3) is 0 Å². The molecule has 0 bridgehead atoms. The lowest BCUT2D eigenvalue weighted by Crippen LogP contribution is -2.20. The molecule has 0 aliphatic rings. The van der Waals surface area contributed by atoms with E-state index in [-0.39, 0.29) is 12.3 Å². The summed E-state index contributed by atoms with van der Waals surface area (Å²) in [5, 5.41) is 3.48. The van der Waals surface area contributed by atoms with E-state index in [0.29, 0.717) is 39.3 Å². The van der Waals surface area contributed by atoms with E-state index < -0.39 is 5.63 Å². The zero-order chi connectivity index (χ0) is 19.6. The van der Waals surface area contributed by atoms with Crippen molar-refractivity contribution in [1.82, 2.24) is 0 Å². The van der Waals surface area contributed by atoms with Gasteiger partial charge in [0.2, 0.25) is 5.91 Å². The summed E-state index contributed by atoms with van der Waals surface area (Å²) in [7, 11) is 3.14. The van der Waals surface area contributed by atoms with E-state index in [9.17, 15) is 9.59 Å². The summed E-state index contributed by atoms with van der Waals surface area (Å²) in [6, 6.07) is 10.6. The molecular weight excluding hydrogens is 346 g/mol. The molecule has 1 aromatic heterocycles. The lowest BCUT2D eigenvalue weighted by molar-refractivity contribution is -0.115. The number of fused-ring (bicyclic) bond motifs is 1. The number of methoxy groups -OCH3 is 2. The van der Waals surface area contributed by atoms with Crippen molar-refractivity contribution >= 4 is 22.6 Å². The number of anilines is 1. The van der Waals surface area contributed by atoms with Gasteiger partial charge in [-0.05, 0) is 61.4 Å². The van der Waals surface area contributed by atoms with Crippen molar-refractivity contribution in [2.75, 3.05) is 19.5 Å². The summed E-state index contributed by atoms with van der Waals surface area (Å²) in [6.07, 6.45) is -0.0901. The van der Waals surface area contributed by atoms with Crippen LogP contribution in [0.25, 0.3) is 11.0 Å². The van der Waals surface area contributed by atoms with E-state index in [4.69, 9.17) is 13.9 Å². The van der Waals surface area contributed by atoms with Crippen LogP contribution in [0.4, 0.5) is 5.69 Å². The first-order chi connectivity index (χ1) is 12.9. The lowest BCUT2D eigenvalue weighted by Gasteiger charge is -2.12. The van der Waals surface area contributed by atoms with Gasteiger partial charge < -0.3 is 19.2 Å². The topological polar surface area (TPSA) is 77.8 Å². The molecule has 3 aromatic rings. The van der Waals surface area contributed by atoms with E-state index >= 15 is 0 Å². The summed E-state index contributed by atoms with van der Waals surface area (Å²) >= 11 is 0. The fourth-order valence-corrected chi connectivity index (χ4v) is 3.04. The maximum absolute atomic E-state index is 12.4. The van der Waals surface area contributed by atoms with E-state index in [1.54, 1.807) is 51.5 Å². The molecule has 2 aromatic carbocycles. The van der Waals surface area contributed by atoms with Gasteiger partial charge in [0.1, 0.15) is 17.1 Å². The smallest absolute Gasteiger partial charge is 0.340 e. The van der Waals surface area contributed by atoms with Crippen molar-refractivity contribution in [3.05, 3.63) is 63.5 Å². The largest absolute Gasteiger partial charge is 0.497 e. The maximum Gasteiger partial charge on any atom is 0.340 e. The number of aryl methyl sites for hydroxylation is 2. The van der Waals surface area contributed by atoms with Crippen LogP contribution in [0, 0.1) is 13.8 Å². The third-order valence-corrected chi connectivity index (χ3v) is 4.42. The molecule has 0 radical (unpaired) electrons. The molecule has 0 spiro atoms. The molecule has 0 atom stereocenters. The lowest BCUT2D eigenvalue weighted by atomic mass is 10.0. The van der Waals surface area contributed by atoms with Gasteiger partial charge in [-0.15, -0.1) is 0 Å². The number of rotatable bonds is 5. The molecule has 0 aliphatic heterocycles. The van der Waals surface area contributed by atoms with Crippen LogP contribution in [0.1, 0.15) is 16.7 Å². The van der Waals surface area contributed by atoms with Gasteiger partial charge in [-0.3, -0.25) is 4.79 Å². The summed E-state index contributed by atoms with van der Waals surface area (Å²) in [5.74, 6) is 1.01. The van der Waals surface area contributed by atoms with Crippen LogP contribution in [0.5, 0.6) is 11.5 Å². The minimum atomic E-state index is -0.516. The minimum Gasteiger partial charge on any atom is -0.497 e. The van der Waals surface area contributed by atoms with Crippen molar-refractivity contribution in [1.29, 1.82) is 0 Å². The molecule has 0 saturated heterocycles. The molecule has 3 rings (SSSR count). The van der Waals surface area contributed by atoms with E-state index in [0.717, 1.165) is 5.56 Å². The molecule has 27 heavy (non-hydrogen) atoms. The van der Waals surface area contributed by atoms with Gasteiger partial charge in [0, 0.05) is 5.69 Å². The van der Waals surface area contributed by atoms with Crippen molar-refractivity contribution in [3.63, 3.8) is 0 Å². The Balaban J connectivity index is 1.92. The number of hydrogen-bond acceptors (Lipinski definition) is 5. The van der Waals surface area contributed by atoms with Crippen LogP contribution in [-0.4, -0.2) is 20.1 Å². The third-order valence-electron chi connectivity index (χ3n) is 4.42. The van der Waals surface area contributed by atoms with Crippen LogP contribution < -0.4 is 20.4 Å². The molecule has 140 valence electrons. The van der Waals surface area contributed by atoms with Crippen LogP contribution in [-0.2, 0) is 11.2 Å². The molecule has 6 nitrogen and oxygen atoms in total. The monoisotopic (exact) mass is 367 g/mol. The highest BCUT2D eigenvalue weighted by molar-refractivity contribution is 5.94. The van der Waals surface area contributed by atoms with Crippen molar-refractivity contribution in [2.24, 2.45) is 0 Å². The SMILES string of the molecule is COc1ccc(NC(=O)Cc2c(C)c3c(OC)cc(C)cc3oc2=O)cc1. The van der Waals surface area contributed by atoms with Gasteiger partial charge in [0.15, 0.2) is 0 Å². The fraction of sp³-hybridized carbons (Fsp3) is 0.238. The van der Waals surface area contributed by atoms with Gasteiger partial charge in [-0.1, -0.05) is 0 Å². The highest BCUT2D eigenvalue weighted by atomic mass is 16.5. The zero-order valence-corrected chi connectivity index (χ0v) is 15.7. The normalized spacial score (nSPS) is 10.7. The summed E-state index contributed by atoms with van der Waals surface area (Å²) < 4.78 is 16.0. The predicted molar refractivity (Wildman–Crippen MR) is 104 cm³/mol. The van der Waals surface area contributed by atoms with Gasteiger partial charge in [0.05, 0.1) is 31.6 Å². The average molecular weight is 367 g/mol. The quantitative estimate of drug-likeness (QED) is 0.697. The Hall–Kier alpha value is -3.28. The Labute approximate surface area is 156 Å². The third kappa shape index (κ3) is 3.79. The second kappa shape index (κ2) is 7.53. The van der Waals surface area contributed by atoms with Crippen LogP contribution in [0.2, 0.25) is 0 Å². The molecule has 0 fully saturated rings. The Morgan fingerprint density at radius 3 is 2.41 bits per heavy atom. The van der Waals surface area contributed by atoms with E-state index in [1.807, 2.05) is 13.0 Å². The van der Waals surface area contributed by atoms with Crippen molar-refractivity contribution < 1.29 is 18.7 Å². The maximum atomic E-state index is 12.4. The van der Waals surface area contributed by atoms with E-state index in [1.165, 1.54) is 0 Å². The molecule has 1 heterocycles. The van der Waals surface area contributed by atoms with Crippen LogP contribution in [0.15, 0.2) is 45.6 Å². The Morgan fingerprint density at radius 2 is 1.78 bits per heavy atom. The molecule has 0 unspecified atom stereocenters. The number of amides is 1. The molecular formula is C21H21NO5. The highest BCUT2D eigenvalue weighted by Crippen LogP contribution is 2.30. The first-order valence-corrected chi connectivity index (χ1v) is 8.47. The average Bonchev–Trinajstić information content (AvgIpc) is 2.64. The Bertz CT molecular complexity index is 1050. The second-order valence-electron chi connectivity index (χ2n) is 6.29. The molecule has 1 amide bonds. The molecule has 0 saturated carbocycles. The summed E-state index contributed by atoms with van der Waals surface area (Å²) in [5.41, 5.74) is 2.48. The summed E-state index contributed by atoms with van der Waals surface area (Å²) in [4.78, 5) is 24.9. The van der Waals surface area contributed by atoms with Crippen LogP contribution >= 0.6 is 0 Å². The Kier molecular flexibility index (Phi) is 5.16. The molecule has 1 N–H and O–H groups in total. The first-order valence-electron chi connectivity index (χ1n) is 8.47. The number of benzene rings is 2. The standard InChI is InChI=1S/C21H21NO5/c1-12-9-17(26-4)20-13(2)16(21(24)27-18(20)10-12)11-19(23)22-14-5-7-15(25-3)8-6-14/h5-10H,11H2,1-4H3,(H,22,23).